The van der Waals surface area contributed by atoms with Crippen LogP contribution in [-0.4, -0.2) is 41.2 Å². The Hall–Kier alpha value is -4.22. The zero-order chi connectivity index (χ0) is 31.0. The molecule has 0 bridgehead atoms. The number of nitrogens with zero attached hydrogens (tertiary/aromatic N) is 2. The molecule has 12 heteroatoms. The van der Waals surface area contributed by atoms with E-state index in [1.54, 1.807) is 33.8 Å². The minimum Gasteiger partial charge on any atom is -0.461 e. The second-order valence-corrected chi connectivity index (χ2v) is 11.3. The summed E-state index contributed by atoms with van der Waals surface area (Å²) >= 11 is 0. The molecule has 3 heterocycles. The van der Waals surface area contributed by atoms with Crippen LogP contribution < -0.4 is 5.32 Å². The van der Waals surface area contributed by atoms with Gasteiger partial charge in [-0.3, -0.25) is 9.59 Å². The van der Waals surface area contributed by atoms with Crippen LogP contribution in [0.15, 0.2) is 52.8 Å². The summed E-state index contributed by atoms with van der Waals surface area (Å²) in [5, 5.41) is 9.31. The van der Waals surface area contributed by atoms with Gasteiger partial charge in [0, 0.05) is 29.3 Å². The van der Waals surface area contributed by atoms with Crippen molar-refractivity contribution in [2.75, 3.05) is 6.61 Å². The second kappa shape index (κ2) is 11.2. The fourth-order valence-corrected chi connectivity index (χ4v) is 4.93. The van der Waals surface area contributed by atoms with E-state index in [2.05, 4.69) is 27.1 Å². The number of nitrogens with one attached hydrogen (secondary N) is 2. The van der Waals surface area contributed by atoms with Gasteiger partial charge in [0.1, 0.15) is 17.9 Å². The maximum absolute atomic E-state index is 13.4. The molecule has 0 saturated carbocycles. The van der Waals surface area contributed by atoms with E-state index in [0.717, 1.165) is 0 Å². The van der Waals surface area contributed by atoms with E-state index < -0.39 is 35.3 Å². The number of hydrogen-bond donors (Lipinski definition) is 2. The third kappa shape index (κ3) is 6.17. The van der Waals surface area contributed by atoms with Crippen LogP contribution in [0.1, 0.15) is 78.5 Å². The van der Waals surface area contributed by atoms with E-state index in [1.807, 2.05) is 6.92 Å². The van der Waals surface area contributed by atoms with Gasteiger partial charge in [-0.15, -0.1) is 10.2 Å². The van der Waals surface area contributed by atoms with Crippen molar-refractivity contribution in [3.8, 4) is 0 Å². The number of benzene rings is 1. The molecular weight excluding hydrogens is 553 g/mol. The molecule has 2 aromatic rings. The van der Waals surface area contributed by atoms with Crippen molar-refractivity contribution in [3.63, 3.8) is 0 Å². The Kier molecular flexibility index (Phi) is 8.21. The summed E-state index contributed by atoms with van der Waals surface area (Å²) < 4.78 is 50.8. The van der Waals surface area contributed by atoms with Crippen molar-refractivity contribution in [1.29, 1.82) is 0 Å². The van der Waals surface area contributed by atoms with Crippen LogP contribution in [0.25, 0.3) is 6.08 Å². The molecule has 1 aromatic heterocycles. The zero-order valence-corrected chi connectivity index (χ0v) is 24.0. The van der Waals surface area contributed by atoms with E-state index in [1.165, 1.54) is 30.3 Å². The molecular formula is C30H33F3N4O5. The number of allylic oxidation sites excluding steroid dienone is 1. The molecule has 42 heavy (non-hydrogen) atoms. The van der Waals surface area contributed by atoms with Crippen LogP contribution in [-0.2, 0) is 31.1 Å². The number of esters is 2. The molecule has 9 nitrogen and oxygen atoms in total. The molecule has 1 aromatic carbocycles. The van der Waals surface area contributed by atoms with Crippen molar-refractivity contribution < 1.29 is 37.0 Å². The molecule has 0 aliphatic carbocycles. The highest BCUT2D eigenvalue weighted by atomic mass is 19.4. The smallest absolute Gasteiger partial charge is 0.442 e. The minimum absolute atomic E-state index is 0.0275. The predicted octanol–water partition coefficient (Wildman–Crippen LogP) is 6.01. The van der Waals surface area contributed by atoms with Gasteiger partial charge in [-0.25, -0.2) is 4.79 Å². The zero-order valence-electron chi connectivity index (χ0n) is 24.0. The summed E-state index contributed by atoms with van der Waals surface area (Å²) in [7, 11) is 0. The van der Waals surface area contributed by atoms with Crippen LogP contribution >= 0.6 is 0 Å². The molecule has 1 saturated heterocycles. The molecule has 224 valence electrons. The van der Waals surface area contributed by atoms with E-state index >= 15 is 0 Å². The average molecular weight is 587 g/mol. The number of alkyl halides is 3. The monoisotopic (exact) mass is 586 g/mol. The van der Waals surface area contributed by atoms with Crippen LogP contribution in [0, 0.1) is 12.8 Å². The first-order valence-corrected chi connectivity index (χ1v) is 13.4. The average Bonchev–Trinajstić information content (AvgIpc) is 3.60. The highest BCUT2D eigenvalue weighted by Crippen LogP contribution is 2.52. The lowest BCUT2D eigenvalue weighted by atomic mass is 9.86. The molecule has 0 radical (unpaired) electrons. The number of amides is 1. The van der Waals surface area contributed by atoms with Gasteiger partial charge in [0.25, 0.3) is 0 Å². The lowest BCUT2D eigenvalue weighted by Crippen LogP contribution is -2.30. The Balaban J connectivity index is 1.60. The SMILES string of the molecule is C=CCOC(=O)CCc1c(C(=O)OC(C)(C)C)[nH]c(/C=C2\NC(=O)C(c3ccc(C4(C(F)(F)F)N=N4)cc3)C2C)c1C. The molecule has 2 N–H and O–H groups in total. The number of rotatable bonds is 9. The molecule has 1 fully saturated rings. The normalized spacial score (nSPS) is 20.4. The fourth-order valence-electron chi connectivity index (χ4n) is 4.93. The minimum atomic E-state index is -4.64. The number of aromatic amines is 1. The summed E-state index contributed by atoms with van der Waals surface area (Å²) in [6, 6.07) is 5.55. The summed E-state index contributed by atoms with van der Waals surface area (Å²) in [5.41, 5.74) is -0.264. The van der Waals surface area contributed by atoms with Gasteiger partial charge in [0.15, 0.2) is 0 Å². The van der Waals surface area contributed by atoms with Crippen molar-refractivity contribution >= 4 is 23.9 Å². The summed E-state index contributed by atoms with van der Waals surface area (Å²) in [6.07, 6.45) is -1.21. The van der Waals surface area contributed by atoms with Gasteiger partial charge in [-0.2, -0.15) is 13.2 Å². The standard InChI is InChI=1S/C30H33F3N4O5/c1-7-14-41-23(38)13-12-20-16(2)21(34-25(20)27(40)42-28(4,5)6)15-22-17(3)24(26(39)35-22)18-8-10-19(11-9-18)29(36-37-29)30(31,32)33/h7-11,15,17,24,34H,1,12-14H2,2-6H3,(H,35,39)/b22-15-. The maximum atomic E-state index is 13.4. The number of H-pyrrole nitrogens is 1. The van der Waals surface area contributed by atoms with E-state index in [0.29, 0.717) is 28.1 Å². The topological polar surface area (TPSA) is 122 Å². The van der Waals surface area contributed by atoms with Crippen molar-refractivity contribution in [2.24, 2.45) is 16.1 Å². The van der Waals surface area contributed by atoms with E-state index in [9.17, 15) is 27.6 Å². The lowest BCUT2D eigenvalue weighted by molar-refractivity contribution is -0.166. The number of ether oxygens (including phenoxy) is 2. The van der Waals surface area contributed by atoms with Crippen molar-refractivity contribution in [3.05, 3.63) is 76.3 Å². The van der Waals surface area contributed by atoms with Gasteiger partial charge in [-0.1, -0.05) is 43.8 Å². The molecule has 4 rings (SSSR count). The Morgan fingerprint density at radius 2 is 1.79 bits per heavy atom. The Morgan fingerprint density at radius 3 is 2.33 bits per heavy atom. The Bertz CT molecular complexity index is 1460. The number of halogens is 3. The lowest BCUT2D eigenvalue weighted by Gasteiger charge is -2.19. The quantitative estimate of drug-likeness (QED) is 0.275. The van der Waals surface area contributed by atoms with E-state index in [-0.39, 0.29) is 42.5 Å². The Labute approximate surface area is 241 Å². The number of aromatic nitrogens is 1. The van der Waals surface area contributed by atoms with Crippen LogP contribution in [0.4, 0.5) is 13.2 Å². The molecule has 2 unspecified atom stereocenters. The van der Waals surface area contributed by atoms with Gasteiger partial charge < -0.3 is 19.8 Å². The first-order valence-electron chi connectivity index (χ1n) is 13.4. The van der Waals surface area contributed by atoms with Crippen LogP contribution in [0.3, 0.4) is 0 Å². The Morgan fingerprint density at radius 1 is 1.14 bits per heavy atom. The number of carbonyl (C=O) groups excluding carboxylic acids is 3. The van der Waals surface area contributed by atoms with Crippen LogP contribution in [0.5, 0.6) is 0 Å². The highest BCUT2D eigenvalue weighted by molar-refractivity contribution is 5.92. The van der Waals surface area contributed by atoms with Gasteiger partial charge in [0.2, 0.25) is 5.91 Å². The summed E-state index contributed by atoms with van der Waals surface area (Å²) in [4.78, 5) is 41.3. The number of hydrogen-bond acceptors (Lipinski definition) is 7. The first kappa shape index (κ1) is 30.7. The second-order valence-electron chi connectivity index (χ2n) is 11.3. The summed E-state index contributed by atoms with van der Waals surface area (Å²) in [5.74, 6) is -2.35. The van der Waals surface area contributed by atoms with Gasteiger partial charge in [-0.05, 0) is 56.9 Å². The molecule has 2 aliphatic heterocycles. The molecule has 1 amide bonds. The largest absolute Gasteiger partial charge is 0.461 e. The first-order chi connectivity index (χ1) is 19.6. The molecule has 0 spiro atoms. The van der Waals surface area contributed by atoms with E-state index in [4.69, 9.17) is 9.47 Å². The summed E-state index contributed by atoms with van der Waals surface area (Å²) in [6.45, 7) is 12.5. The highest BCUT2D eigenvalue weighted by Gasteiger charge is 2.65. The predicted molar refractivity (Wildman–Crippen MR) is 147 cm³/mol. The third-order valence-electron chi connectivity index (χ3n) is 7.17. The van der Waals surface area contributed by atoms with Gasteiger partial charge in [0.05, 0.1) is 5.92 Å². The van der Waals surface area contributed by atoms with Gasteiger partial charge >= 0.3 is 23.8 Å². The molecule has 2 aliphatic rings. The maximum Gasteiger partial charge on any atom is 0.442 e. The third-order valence-corrected chi connectivity index (χ3v) is 7.17. The van der Waals surface area contributed by atoms with Crippen molar-refractivity contribution in [2.45, 2.75) is 70.8 Å². The fraction of sp³-hybridized carbons (Fsp3) is 0.433. The number of carbonyl (C=O) groups is 3. The van der Waals surface area contributed by atoms with Crippen LogP contribution in [0.2, 0.25) is 0 Å². The molecule has 2 atom stereocenters. The van der Waals surface area contributed by atoms with Crippen molar-refractivity contribution in [1.82, 2.24) is 10.3 Å².